The van der Waals surface area contributed by atoms with E-state index in [-0.39, 0.29) is 22.4 Å². The smallest absolute Gasteiger partial charge is 0.289 e. The Morgan fingerprint density at radius 2 is 1.95 bits per heavy atom. The van der Waals surface area contributed by atoms with Gasteiger partial charge < -0.3 is 4.90 Å². The molecule has 1 aliphatic heterocycles. The molecule has 8 nitrogen and oxygen atoms in total. The second-order valence-corrected chi connectivity index (χ2v) is 12.5. The quantitative estimate of drug-likeness (QED) is 0.273. The van der Waals surface area contributed by atoms with E-state index in [1.807, 2.05) is 25.3 Å². The summed E-state index contributed by atoms with van der Waals surface area (Å²) in [6.07, 6.45) is 0.622. The number of nitro benzene ring substituents is 1. The van der Waals surface area contributed by atoms with Gasteiger partial charge in [-0.25, -0.2) is 12.8 Å². The average Bonchev–Trinajstić information content (AvgIpc) is 3.32. The van der Waals surface area contributed by atoms with E-state index in [0.29, 0.717) is 13.0 Å². The minimum absolute atomic E-state index is 0.0310. The summed E-state index contributed by atoms with van der Waals surface area (Å²) in [5, 5.41) is 13.1. The summed E-state index contributed by atoms with van der Waals surface area (Å²) in [6, 6.07) is 10.6. The zero-order chi connectivity index (χ0) is 26.9. The summed E-state index contributed by atoms with van der Waals surface area (Å²) in [5.74, 6) is -0.935. The Morgan fingerprint density at radius 1 is 1.24 bits per heavy atom. The van der Waals surface area contributed by atoms with Gasteiger partial charge in [0.25, 0.3) is 5.69 Å². The highest BCUT2D eigenvalue weighted by atomic mass is 35.5. The number of nitro groups is 1. The van der Waals surface area contributed by atoms with Gasteiger partial charge in [-0.1, -0.05) is 37.6 Å². The van der Waals surface area contributed by atoms with Crippen LogP contribution in [0, 0.1) is 21.8 Å². The van der Waals surface area contributed by atoms with Gasteiger partial charge in [-0.15, -0.1) is 11.3 Å². The Bertz CT molecular complexity index is 1430. The number of thiophene rings is 1. The number of carbonyl (C=O) groups is 1. The standard InChI is InChI=1S/C25H25ClFN3O5S2/c1-16(2)14-28(37(34,35)19-7-8-21(26)22(13-19)30(32)33)15-24(31)29-11-9-23-20(10-12-36-23)25(29)17-3-5-18(27)6-4-17/h3-8,10,12-13,16,25H,9,11,14-15H2,1-2H3. The molecule has 4 rings (SSSR count). The number of sulfonamides is 1. The van der Waals surface area contributed by atoms with Crippen LogP contribution in [0.15, 0.2) is 58.8 Å². The van der Waals surface area contributed by atoms with Gasteiger partial charge >= 0.3 is 0 Å². The van der Waals surface area contributed by atoms with E-state index in [9.17, 15) is 27.7 Å². The molecular weight excluding hydrogens is 541 g/mol. The maximum absolute atomic E-state index is 13.7. The van der Waals surface area contributed by atoms with Crippen LogP contribution in [-0.4, -0.2) is 48.1 Å². The van der Waals surface area contributed by atoms with Crippen LogP contribution in [0.3, 0.4) is 0 Å². The Labute approximate surface area is 223 Å². The monoisotopic (exact) mass is 565 g/mol. The number of nitrogens with zero attached hydrogens (tertiary/aromatic N) is 3. The minimum Gasteiger partial charge on any atom is -0.330 e. The molecular formula is C25H25ClFN3O5S2. The number of rotatable bonds is 8. The number of benzene rings is 2. The molecule has 0 spiro atoms. The van der Waals surface area contributed by atoms with Crippen molar-refractivity contribution in [3.8, 4) is 0 Å². The van der Waals surface area contributed by atoms with Crippen molar-refractivity contribution in [3.63, 3.8) is 0 Å². The van der Waals surface area contributed by atoms with E-state index in [0.717, 1.165) is 32.4 Å². The van der Waals surface area contributed by atoms with Gasteiger partial charge in [0.1, 0.15) is 10.8 Å². The Balaban J connectivity index is 1.68. The number of halogens is 2. The van der Waals surface area contributed by atoms with Crippen molar-refractivity contribution in [2.75, 3.05) is 19.6 Å². The molecule has 0 fully saturated rings. The highest BCUT2D eigenvalue weighted by molar-refractivity contribution is 7.89. The van der Waals surface area contributed by atoms with Crippen LogP contribution in [0.4, 0.5) is 10.1 Å². The molecule has 1 aliphatic rings. The van der Waals surface area contributed by atoms with E-state index in [1.54, 1.807) is 28.4 Å². The number of amides is 1. The third-order valence-electron chi connectivity index (χ3n) is 6.10. The van der Waals surface area contributed by atoms with Crippen LogP contribution in [0.2, 0.25) is 5.02 Å². The van der Waals surface area contributed by atoms with Crippen LogP contribution < -0.4 is 0 Å². The summed E-state index contributed by atoms with van der Waals surface area (Å²) in [5.41, 5.74) is 1.12. The molecule has 0 aliphatic carbocycles. The predicted octanol–water partition coefficient (Wildman–Crippen LogP) is 5.27. The third-order valence-corrected chi connectivity index (χ3v) is 9.23. The van der Waals surface area contributed by atoms with Gasteiger partial charge in [0, 0.05) is 24.0 Å². The van der Waals surface area contributed by atoms with Gasteiger partial charge in [0.15, 0.2) is 0 Å². The lowest BCUT2D eigenvalue weighted by Gasteiger charge is -2.37. The Morgan fingerprint density at radius 3 is 2.59 bits per heavy atom. The minimum atomic E-state index is -4.26. The molecule has 0 bridgehead atoms. The predicted molar refractivity (Wildman–Crippen MR) is 140 cm³/mol. The van der Waals surface area contributed by atoms with Gasteiger partial charge in [-0.05, 0) is 59.2 Å². The molecule has 1 amide bonds. The van der Waals surface area contributed by atoms with E-state index < -0.39 is 44.9 Å². The van der Waals surface area contributed by atoms with Crippen molar-refractivity contribution in [1.29, 1.82) is 0 Å². The molecule has 1 atom stereocenters. The van der Waals surface area contributed by atoms with Crippen molar-refractivity contribution in [1.82, 2.24) is 9.21 Å². The van der Waals surface area contributed by atoms with Crippen molar-refractivity contribution in [3.05, 3.63) is 90.9 Å². The molecule has 12 heteroatoms. The number of carbonyl (C=O) groups excluding carboxylic acids is 1. The molecule has 3 aromatic rings. The largest absolute Gasteiger partial charge is 0.330 e. The summed E-state index contributed by atoms with van der Waals surface area (Å²) in [7, 11) is -4.26. The summed E-state index contributed by atoms with van der Waals surface area (Å²) >= 11 is 7.46. The molecule has 2 aromatic carbocycles. The van der Waals surface area contributed by atoms with Gasteiger partial charge in [0.2, 0.25) is 15.9 Å². The third kappa shape index (κ3) is 5.69. The SMILES string of the molecule is CC(C)CN(CC(=O)N1CCc2sccc2C1c1ccc(F)cc1)S(=O)(=O)c1ccc(Cl)c([N+](=O)[O-])c1. The Kier molecular flexibility index (Phi) is 7.98. The van der Waals surface area contributed by atoms with Gasteiger partial charge in [-0.2, -0.15) is 4.31 Å². The van der Waals surface area contributed by atoms with Crippen LogP contribution >= 0.6 is 22.9 Å². The fourth-order valence-electron chi connectivity index (χ4n) is 4.43. The zero-order valence-corrected chi connectivity index (χ0v) is 22.5. The van der Waals surface area contributed by atoms with Crippen LogP contribution in [-0.2, 0) is 21.2 Å². The number of fused-ring (bicyclic) bond motifs is 1. The topological polar surface area (TPSA) is 101 Å². The molecule has 0 radical (unpaired) electrons. The summed E-state index contributed by atoms with van der Waals surface area (Å²) in [6.45, 7) is 3.59. The van der Waals surface area contributed by atoms with Crippen molar-refractivity contribution in [2.45, 2.75) is 31.2 Å². The van der Waals surface area contributed by atoms with Crippen molar-refractivity contribution < 1.29 is 22.5 Å². The number of hydrogen-bond acceptors (Lipinski definition) is 6. The van der Waals surface area contributed by atoms with Crippen molar-refractivity contribution >= 4 is 44.6 Å². The molecule has 2 heterocycles. The van der Waals surface area contributed by atoms with Crippen LogP contribution in [0.1, 0.15) is 35.9 Å². The lowest BCUT2D eigenvalue weighted by molar-refractivity contribution is -0.384. The first-order chi connectivity index (χ1) is 17.5. The first kappa shape index (κ1) is 27.2. The first-order valence-electron chi connectivity index (χ1n) is 11.5. The van der Waals surface area contributed by atoms with Crippen molar-refractivity contribution in [2.24, 2.45) is 5.92 Å². The van der Waals surface area contributed by atoms with E-state index >= 15 is 0 Å². The highest BCUT2D eigenvalue weighted by Gasteiger charge is 2.36. The maximum Gasteiger partial charge on any atom is 0.289 e. The van der Waals surface area contributed by atoms with E-state index in [2.05, 4.69) is 0 Å². The average molecular weight is 566 g/mol. The summed E-state index contributed by atoms with van der Waals surface area (Å²) in [4.78, 5) is 26.7. The Hall–Kier alpha value is -2.86. The van der Waals surface area contributed by atoms with Gasteiger partial charge in [0.05, 0.1) is 22.4 Å². The zero-order valence-electron chi connectivity index (χ0n) is 20.1. The second kappa shape index (κ2) is 10.9. The van der Waals surface area contributed by atoms with Crippen LogP contribution in [0.5, 0.6) is 0 Å². The summed E-state index contributed by atoms with van der Waals surface area (Å²) < 4.78 is 41.8. The molecule has 0 saturated heterocycles. The number of hydrogen-bond donors (Lipinski definition) is 0. The lowest BCUT2D eigenvalue weighted by atomic mass is 9.93. The maximum atomic E-state index is 13.7. The molecule has 37 heavy (non-hydrogen) atoms. The van der Waals surface area contributed by atoms with E-state index in [4.69, 9.17) is 11.6 Å². The molecule has 196 valence electrons. The molecule has 1 aromatic heterocycles. The van der Waals surface area contributed by atoms with Crippen LogP contribution in [0.25, 0.3) is 0 Å². The lowest BCUT2D eigenvalue weighted by Crippen LogP contribution is -2.47. The fraction of sp³-hybridized carbons (Fsp3) is 0.320. The molecule has 0 N–H and O–H groups in total. The normalized spacial score (nSPS) is 15.7. The second-order valence-electron chi connectivity index (χ2n) is 9.15. The molecule has 1 unspecified atom stereocenters. The molecule has 0 saturated carbocycles. The highest BCUT2D eigenvalue weighted by Crippen LogP contribution is 2.38. The van der Waals surface area contributed by atoms with Gasteiger partial charge in [-0.3, -0.25) is 14.9 Å². The fourth-order valence-corrected chi connectivity index (χ4v) is 7.09. The van der Waals surface area contributed by atoms with E-state index in [1.165, 1.54) is 18.2 Å². The first-order valence-corrected chi connectivity index (χ1v) is 14.2.